The number of halogens is 1. The van der Waals surface area contributed by atoms with Gasteiger partial charge in [-0.25, -0.2) is 4.39 Å². The maximum absolute atomic E-state index is 14.0. The molecule has 0 bridgehead atoms. The summed E-state index contributed by atoms with van der Waals surface area (Å²) in [6.45, 7) is 0.373. The molecule has 1 saturated carbocycles. The minimum absolute atomic E-state index is 0.119. The summed E-state index contributed by atoms with van der Waals surface area (Å²) in [6.07, 6.45) is 1.88. The van der Waals surface area contributed by atoms with E-state index < -0.39 is 5.82 Å². The third-order valence-electron chi connectivity index (χ3n) is 4.48. The molecule has 3 rings (SSSR count). The molecule has 1 aliphatic carbocycles. The van der Waals surface area contributed by atoms with Crippen LogP contribution in [-0.2, 0) is 6.54 Å². The number of nitrogens with zero attached hydrogens (tertiary/aromatic N) is 1. The Morgan fingerprint density at radius 3 is 2.31 bits per heavy atom. The Balaban J connectivity index is 1.88. The van der Waals surface area contributed by atoms with Gasteiger partial charge in [0.15, 0.2) is 11.6 Å². The molecule has 1 amide bonds. The lowest BCUT2D eigenvalue weighted by Gasteiger charge is -2.24. The van der Waals surface area contributed by atoms with Gasteiger partial charge in [0.1, 0.15) is 11.5 Å². The summed E-state index contributed by atoms with van der Waals surface area (Å²) < 4.78 is 29.6. The highest BCUT2D eigenvalue weighted by Gasteiger charge is 2.34. The van der Waals surface area contributed by atoms with Crippen molar-refractivity contribution in [1.82, 2.24) is 4.90 Å². The Morgan fingerprint density at radius 2 is 1.73 bits per heavy atom. The van der Waals surface area contributed by atoms with Crippen LogP contribution in [0.5, 0.6) is 17.2 Å². The summed E-state index contributed by atoms with van der Waals surface area (Å²) in [5, 5.41) is 0. The fourth-order valence-electron chi connectivity index (χ4n) is 2.91. The standard InChI is InChI=1S/C20H22FNO4/c1-24-16-7-9-18(25-2)14(10-16)12-22(15-5-6-15)20(23)13-4-8-19(26-3)17(21)11-13/h4,7-11,15H,5-6,12H2,1-3H3. The predicted octanol–water partition coefficient (Wildman–Crippen LogP) is 3.66. The molecule has 138 valence electrons. The van der Waals surface area contributed by atoms with Crippen LogP contribution >= 0.6 is 0 Å². The van der Waals surface area contributed by atoms with E-state index in [1.54, 1.807) is 25.2 Å². The van der Waals surface area contributed by atoms with E-state index in [9.17, 15) is 9.18 Å². The molecule has 0 unspecified atom stereocenters. The zero-order valence-electron chi connectivity index (χ0n) is 15.1. The first-order chi connectivity index (χ1) is 12.6. The fraction of sp³-hybridized carbons (Fsp3) is 0.350. The van der Waals surface area contributed by atoms with Crippen LogP contribution in [0.1, 0.15) is 28.8 Å². The van der Waals surface area contributed by atoms with Crippen molar-refractivity contribution in [1.29, 1.82) is 0 Å². The Morgan fingerprint density at radius 1 is 1.04 bits per heavy atom. The van der Waals surface area contributed by atoms with Crippen molar-refractivity contribution in [3.63, 3.8) is 0 Å². The molecule has 0 saturated heterocycles. The highest BCUT2D eigenvalue weighted by molar-refractivity contribution is 5.94. The largest absolute Gasteiger partial charge is 0.497 e. The number of carbonyl (C=O) groups is 1. The Kier molecular flexibility index (Phi) is 5.30. The Hall–Kier alpha value is -2.76. The van der Waals surface area contributed by atoms with Crippen LogP contribution in [0, 0.1) is 5.82 Å². The monoisotopic (exact) mass is 359 g/mol. The fourth-order valence-corrected chi connectivity index (χ4v) is 2.91. The summed E-state index contributed by atoms with van der Waals surface area (Å²) in [6, 6.07) is 9.92. The maximum Gasteiger partial charge on any atom is 0.254 e. The van der Waals surface area contributed by atoms with Crippen molar-refractivity contribution >= 4 is 5.91 Å². The van der Waals surface area contributed by atoms with Gasteiger partial charge in [-0.05, 0) is 49.2 Å². The Bertz CT molecular complexity index is 804. The highest BCUT2D eigenvalue weighted by Crippen LogP contribution is 2.33. The van der Waals surface area contributed by atoms with Gasteiger partial charge in [0.25, 0.3) is 5.91 Å². The lowest BCUT2D eigenvalue weighted by atomic mass is 10.1. The van der Waals surface area contributed by atoms with Crippen molar-refractivity contribution in [2.45, 2.75) is 25.4 Å². The van der Waals surface area contributed by atoms with E-state index in [4.69, 9.17) is 14.2 Å². The van der Waals surface area contributed by atoms with E-state index in [1.165, 1.54) is 19.2 Å². The number of rotatable bonds is 7. The number of hydrogen-bond acceptors (Lipinski definition) is 4. The number of hydrogen-bond donors (Lipinski definition) is 0. The molecule has 0 atom stereocenters. The van der Waals surface area contributed by atoms with Gasteiger partial charge in [0.2, 0.25) is 0 Å². The second-order valence-electron chi connectivity index (χ2n) is 6.19. The molecule has 0 N–H and O–H groups in total. The van der Waals surface area contributed by atoms with Crippen molar-refractivity contribution in [2.24, 2.45) is 0 Å². The molecule has 1 fully saturated rings. The van der Waals surface area contributed by atoms with Gasteiger partial charge < -0.3 is 19.1 Å². The molecule has 2 aromatic carbocycles. The van der Waals surface area contributed by atoms with Gasteiger partial charge in [0.05, 0.1) is 27.9 Å². The minimum atomic E-state index is -0.548. The topological polar surface area (TPSA) is 48.0 Å². The van der Waals surface area contributed by atoms with Crippen molar-refractivity contribution in [3.05, 3.63) is 53.3 Å². The van der Waals surface area contributed by atoms with Gasteiger partial charge in [-0.1, -0.05) is 0 Å². The van der Waals surface area contributed by atoms with Crippen molar-refractivity contribution in [3.8, 4) is 17.2 Å². The van der Waals surface area contributed by atoms with Gasteiger partial charge >= 0.3 is 0 Å². The third kappa shape index (κ3) is 3.74. The SMILES string of the molecule is COc1ccc(OC)c(CN(C(=O)c2ccc(OC)c(F)c2)C2CC2)c1. The first kappa shape index (κ1) is 18.0. The molecule has 26 heavy (non-hydrogen) atoms. The van der Waals surface area contributed by atoms with Crippen LogP contribution in [0.3, 0.4) is 0 Å². The zero-order chi connectivity index (χ0) is 18.7. The summed E-state index contributed by atoms with van der Waals surface area (Å²) in [5.74, 6) is 0.741. The van der Waals surface area contributed by atoms with Gasteiger partial charge in [-0.2, -0.15) is 0 Å². The van der Waals surface area contributed by atoms with E-state index in [-0.39, 0.29) is 17.7 Å². The van der Waals surface area contributed by atoms with Crippen LogP contribution in [0.25, 0.3) is 0 Å². The van der Waals surface area contributed by atoms with E-state index in [0.29, 0.717) is 23.6 Å². The quantitative estimate of drug-likeness (QED) is 0.757. The third-order valence-corrected chi connectivity index (χ3v) is 4.48. The normalized spacial score (nSPS) is 13.2. The number of amides is 1. The molecule has 5 nitrogen and oxygen atoms in total. The van der Waals surface area contributed by atoms with Crippen LogP contribution in [0.2, 0.25) is 0 Å². The minimum Gasteiger partial charge on any atom is -0.497 e. The van der Waals surface area contributed by atoms with Crippen molar-refractivity contribution in [2.75, 3.05) is 21.3 Å². The molecule has 0 heterocycles. The highest BCUT2D eigenvalue weighted by atomic mass is 19.1. The van der Waals surface area contributed by atoms with E-state index in [1.807, 2.05) is 18.2 Å². The Labute approximate surface area is 152 Å². The summed E-state index contributed by atoms with van der Waals surface area (Å²) in [5.41, 5.74) is 1.15. The molecular formula is C20H22FNO4. The lowest BCUT2D eigenvalue weighted by Crippen LogP contribution is -2.32. The first-order valence-corrected chi connectivity index (χ1v) is 8.42. The lowest BCUT2D eigenvalue weighted by molar-refractivity contribution is 0.0728. The second-order valence-corrected chi connectivity index (χ2v) is 6.19. The average molecular weight is 359 g/mol. The van der Waals surface area contributed by atoms with E-state index >= 15 is 0 Å². The van der Waals surface area contributed by atoms with Gasteiger partial charge in [-0.15, -0.1) is 0 Å². The van der Waals surface area contributed by atoms with Crippen LogP contribution in [0.15, 0.2) is 36.4 Å². The van der Waals surface area contributed by atoms with E-state index in [0.717, 1.165) is 18.4 Å². The maximum atomic E-state index is 14.0. The zero-order valence-corrected chi connectivity index (χ0v) is 15.1. The average Bonchev–Trinajstić information content (AvgIpc) is 3.50. The van der Waals surface area contributed by atoms with Gasteiger partial charge in [0, 0.05) is 17.2 Å². The van der Waals surface area contributed by atoms with Gasteiger partial charge in [-0.3, -0.25) is 4.79 Å². The van der Waals surface area contributed by atoms with Crippen LogP contribution < -0.4 is 14.2 Å². The molecular weight excluding hydrogens is 337 g/mol. The first-order valence-electron chi connectivity index (χ1n) is 8.42. The van der Waals surface area contributed by atoms with Crippen LogP contribution in [0.4, 0.5) is 4.39 Å². The summed E-state index contributed by atoms with van der Waals surface area (Å²) >= 11 is 0. The molecule has 0 aliphatic heterocycles. The molecule has 0 radical (unpaired) electrons. The summed E-state index contributed by atoms with van der Waals surface area (Å²) in [4.78, 5) is 14.7. The molecule has 6 heteroatoms. The number of methoxy groups -OCH3 is 3. The van der Waals surface area contributed by atoms with Crippen LogP contribution in [-0.4, -0.2) is 38.2 Å². The number of carbonyl (C=O) groups excluding carboxylic acids is 1. The van der Waals surface area contributed by atoms with E-state index in [2.05, 4.69) is 0 Å². The molecule has 2 aromatic rings. The molecule has 1 aliphatic rings. The summed E-state index contributed by atoms with van der Waals surface area (Å²) in [7, 11) is 4.58. The smallest absolute Gasteiger partial charge is 0.254 e. The predicted molar refractivity (Wildman–Crippen MR) is 95.4 cm³/mol. The number of ether oxygens (including phenoxy) is 3. The molecule has 0 spiro atoms. The van der Waals surface area contributed by atoms with Crippen molar-refractivity contribution < 1.29 is 23.4 Å². The molecule has 0 aromatic heterocycles. The second kappa shape index (κ2) is 7.64. The number of benzene rings is 2.